The number of amides is 1. The molecule has 1 saturated heterocycles. The van der Waals surface area contributed by atoms with Crippen LogP contribution in [0.2, 0.25) is 0 Å². The number of β-amino-alcohol motifs (C(OH)–C–C–N with tert-alkyl or cyclic N) is 1. The number of nitrogens with zero attached hydrogens (tertiary/aromatic N) is 2. The molecule has 1 atom stereocenters. The second kappa shape index (κ2) is 7.06. The molecule has 0 radical (unpaired) electrons. The standard InChI is InChI=1S/C19H26N2O4/c1-20(2)18(22)11-19(23)7-4-8-21(13-19)12-16-10-14-9-15(24-3)5-6-17(14)25-16/h5-6,9-10,23H,4,7-8,11-13H2,1-3H3. The first-order valence-electron chi connectivity index (χ1n) is 8.60. The fraction of sp³-hybridized carbons (Fsp3) is 0.526. The van der Waals surface area contributed by atoms with Crippen LogP contribution in [0, 0.1) is 0 Å². The lowest BCUT2D eigenvalue weighted by molar-refractivity contribution is -0.136. The number of hydrogen-bond acceptors (Lipinski definition) is 5. The topological polar surface area (TPSA) is 66.2 Å². The van der Waals surface area contributed by atoms with Gasteiger partial charge in [-0.25, -0.2) is 0 Å². The van der Waals surface area contributed by atoms with E-state index in [1.54, 1.807) is 21.2 Å². The SMILES string of the molecule is COc1ccc2oc(CN3CCCC(O)(CC(=O)N(C)C)C3)cc2c1. The molecular weight excluding hydrogens is 320 g/mol. The van der Waals surface area contributed by atoms with Gasteiger partial charge < -0.3 is 19.2 Å². The summed E-state index contributed by atoms with van der Waals surface area (Å²) in [6.07, 6.45) is 1.68. The highest BCUT2D eigenvalue weighted by atomic mass is 16.5. The van der Waals surface area contributed by atoms with Gasteiger partial charge in [-0.2, -0.15) is 0 Å². The zero-order valence-corrected chi connectivity index (χ0v) is 15.1. The predicted octanol–water partition coefficient (Wildman–Crippen LogP) is 2.25. The van der Waals surface area contributed by atoms with Crippen LogP contribution in [-0.2, 0) is 11.3 Å². The molecule has 1 aromatic carbocycles. The predicted molar refractivity (Wildman–Crippen MR) is 95.5 cm³/mol. The summed E-state index contributed by atoms with van der Waals surface area (Å²) in [5.74, 6) is 1.61. The van der Waals surface area contributed by atoms with Crippen molar-refractivity contribution >= 4 is 16.9 Å². The fourth-order valence-electron chi connectivity index (χ4n) is 3.43. The molecule has 25 heavy (non-hydrogen) atoms. The lowest BCUT2D eigenvalue weighted by atomic mass is 9.89. The number of rotatable bonds is 5. The van der Waals surface area contributed by atoms with Gasteiger partial charge in [0.15, 0.2) is 0 Å². The lowest BCUT2D eigenvalue weighted by Crippen LogP contribution is -2.50. The quantitative estimate of drug-likeness (QED) is 0.899. The average Bonchev–Trinajstić information content (AvgIpc) is 2.95. The van der Waals surface area contributed by atoms with E-state index < -0.39 is 5.60 Å². The summed E-state index contributed by atoms with van der Waals surface area (Å²) in [7, 11) is 5.08. The summed E-state index contributed by atoms with van der Waals surface area (Å²) in [4.78, 5) is 15.7. The molecule has 2 heterocycles. The molecule has 6 nitrogen and oxygen atoms in total. The van der Waals surface area contributed by atoms with E-state index in [4.69, 9.17) is 9.15 Å². The highest BCUT2D eigenvalue weighted by Gasteiger charge is 2.36. The Morgan fingerprint density at radius 2 is 2.20 bits per heavy atom. The van der Waals surface area contributed by atoms with Crippen LogP contribution >= 0.6 is 0 Å². The Morgan fingerprint density at radius 1 is 1.40 bits per heavy atom. The first-order valence-corrected chi connectivity index (χ1v) is 8.60. The van der Waals surface area contributed by atoms with Crippen molar-refractivity contribution in [1.29, 1.82) is 0 Å². The number of piperidine rings is 1. The van der Waals surface area contributed by atoms with Gasteiger partial charge in [-0.15, -0.1) is 0 Å². The molecule has 136 valence electrons. The van der Waals surface area contributed by atoms with Crippen LogP contribution in [0.1, 0.15) is 25.0 Å². The summed E-state index contributed by atoms with van der Waals surface area (Å²) in [5, 5.41) is 11.8. The van der Waals surface area contributed by atoms with Crippen LogP contribution in [0.5, 0.6) is 5.75 Å². The molecule has 6 heteroatoms. The Kier molecular flexibility index (Phi) is 5.01. The summed E-state index contributed by atoms with van der Waals surface area (Å²) >= 11 is 0. The van der Waals surface area contributed by atoms with Crippen molar-refractivity contribution in [3.8, 4) is 5.75 Å². The molecule has 1 aromatic heterocycles. The Balaban J connectivity index is 1.69. The van der Waals surface area contributed by atoms with Crippen molar-refractivity contribution in [1.82, 2.24) is 9.80 Å². The van der Waals surface area contributed by atoms with Crippen molar-refractivity contribution in [3.05, 3.63) is 30.0 Å². The molecule has 1 aliphatic rings. The number of ether oxygens (including phenoxy) is 1. The van der Waals surface area contributed by atoms with Gasteiger partial charge in [-0.1, -0.05) is 0 Å². The Labute approximate surface area is 148 Å². The highest BCUT2D eigenvalue weighted by molar-refractivity contribution is 5.79. The van der Waals surface area contributed by atoms with E-state index in [1.165, 1.54) is 4.90 Å². The largest absolute Gasteiger partial charge is 0.497 e. The summed E-state index contributed by atoms with van der Waals surface area (Å²) in [5.41, 5.74) is -0.139. The zero-order valence-electron chi connectivity index (χ0n) is 15.1. The highest BCUT2D eigenvalue weighted by Crippen LogP contribution is 2.28. The van der Waals surface area contributed by atoms with E-state index in [2.05, 4.69) is 4.90 Å². The van der Waals surface area contributed by atoms with Crippen molar-refractivity contribution in [2.75, 3.05) is 34.3 Å². The number of hydrogen-bond donors (Lipinski definition) is 1. The van der Waals surface area contributed by atoms with E-state index >= 15 is 0 Å². The van der Waals surface area contributed by atoms with E-state index in [9.17, 15) is 9.90 Å². The van der Waals surface area contributed by atoms with Crippen molar-refractivity contribution in [2.24, 2.45) is 0 Å². The minimum absolute atomic E-state index is 0.0415. The molecule has 1 aliphatic heterocycles. The van der Waals surface area contributed by atoms with Gasteiger partial charge in [0.25, 0.3) is 0 Å². The van der Waals surface area contributed by atoms with Gasteiger partial charge in [-0.3, -0.25) is 9.69 Å². The van der Waals surface area contributed by atoms with Gasteiger partial charge >= 0.3 is 0 Å². The molecule has 3 rings (SSSR count). The summed E-state index contributed by atoms with van der Waals surface area (Å²) < 4.78 is 11.1. The van der Waals surface area contributed by atoms with E-state index in [-0.39, 0.29) is 12.3 Å². The number of furan rings is 1. The Morgan fingerprint density at radius 3 is 2.92 bits per heavy atom. The zero-order chi connectivity index (χ0) is 18.0. The molecule has 0 spiro atoms. The van der Waals surface area contributed by atoms with Crippen LogP contribution in [0.3, 0.4) is 0 Å². The first kappa shape index (κ1) is 17.8. The first-order chi connectivity index (χ1) is 11.9. The number of methoxy groups -OCH3 is 1. The molecule has 2 aromatic rings. The molecule has 0 saturated carbocycles. The van der Waals surface area contributed by atoms with Crippen LogP contribution < -0.4 is 4.74 Å². The van der Waals surface area contributed by atoms with Gasteiger partial charge in [0.1, 0.15) is 17.1 Å². The molecule has 1 unspecified atom stereocenters. The minimum atomic E-state index is -0.963. The van der Waals surface area contributed by atoms with Crippen LogP contribution in [0.25, 0.3) is 11.0 Å². The maximum Gasteiger partial charge on any atom is 0.224 e. The third-order valence-corrected chi connectivity index (χ3v) is 4.77. The molecule has 1 N–H and O–H groups in total. The second-order valence-corrected chi connectivity index (χ2v) is 7.12. The number of benzene rings is 1. The molecule has 0 aliphatic carbocycles. The van der Waals surface area contributed by atoms with Gasteiger partial charge in [-0.05, 0) is 43.7 Å². The second-order valence-electron chi connectivity index (χ2n) is 7.12. The molecular formula is C19H26N2O4. The number of fused-ring (bicyclic) bond motifs is 1. The molecule has 1 fully saturated rings. The van der Waals surface area contributed by atoms with Crippen LogP contribution in [0.15, 0.2) is 28.7 Å². The van der Waals surface area contributed by atoms with Crippen molar-refractivity contribution in [2.45, 2.75) is 31.4 Å². The summed E-state index contributed by atoms with van der Waals surface area (Å²) in [6.45, 7) is 1.99. The van der Waals surface area contributed by atoms with Gasteiger partial charge in [0.05, 0.1) is 25.7 Å². The third kappa shape index (κ3) is 4.14. The number of carbonyl (C=O) groups excluding carboxylic acids is 1. The Bertz CT molecular complexity index is 755. The minimum Gasteiger partial charge on any atom is -0.497 e. The maximum absolute atomic E-state index is 12.0. The smallest absolute Gasteiger partial charge is 0.224 e. The summed E-state index contributed by atoms with van der Waals surface area (Å²) in [6, 6.07) is 7.74. The third-order valence-electron chi connectivity index (χ3n) is 4.77. The van der Waals surface area contributed by atoms with Gasteiger partial charge in [0.2, 0.25) is 5.91 Å². The normalized spacial score (nSPS) is 21.4. The van der Waals surface area contributed by atoms with Gasteiger partial charge in [0, 0.05) is 26.0 Å². The van der Waals surface area contributed by atoms with Crippen LogP contribution in [-0.4, -0.2) is 60.7 Å². The van der Waals surface area contributed by atoms with Crippen molar-refractivity contribution in [3.63, 3.8) is 0 Å². The van der Waals surface area contributed by atoms with Crippen molar-refractivity contribution < 1.29 is 19.1 Å². The lowest BCUT2D eigenvalue weighted by Gasteiger charge is -2.39. The number of aliphatic hydroxyl groups is 1. The monoisotopic (exact) mass is 346 g/mol. The van der Waals surface area contributed by atoms with Crippen LogP contribution in [0.4, 0.5) is 0 Å². The number of carbonyl (C=O) groups is 1. The molecule has 1 amide bonds. The van der Waals surface area contributed by atoms with E-state index in [1.807, 2.05) is 24.3 Å². The molecule has 0 bridgehead atoms. The number of likely N-dealkylation sites (tertiary alicyclic amines) is 1. The van der Waals surface area contributed by atoms with E-state index in [0.29, 0.717) is 19.5 Å². The maximum atomic E-state index is 12.0. The Hall–Kier alpha value is -2.05. The average molecular weight is 346 g/mol. The fourth-order valence-corrected chi connectivity index (χ4v) is 3.43. The van der Waals surface area contributed by atoms with E-state index in [0.717, 1.165) is 35.4 Å².